The maximum Gasteiger partial charge on any atom is 0.261 e. The van der Waals surface area contributed by atoms with Crippen molar-refractivity contribution < 1.29 is 9.53 Å². The second-order valence-corrected chi connectivity index (χ2v) is 6.02. The highest BCUT2D eigenvalue weighted by Crippen LogP contribution is 2.37. The van der Waals surface area contributed by atoms with Crippen LogP contribution < -0.4 is 10.1 Å². The molecule has 25 heavy (non-hydrogen) atoms. The first-order valence-electron chi connectivity index (χ1n) is 8.08. The Morgan fingerprint density at radius 1 is 1.20 bits per heavy atom. The topological polar surface area (TPSA) is 92.8 Å². The number of carbonyl (C=O) groups is 1. The van der Waals surface area contributed by atoms with Crippen LogP contribution in [0.5, 0.6) is 5.75 Å². The van der Waals surface area contributed by atoms with E-state index in [9.17, 15) is 4.79 Å². The van der Waals surface area contributed by atoms with Crippen LogP contribution in [-0.2, 0) is 11.3 Å². The van der Waals surface area contributed by atoms with Crippen molar-refractivity contribution in [3.8, 4) is 17.1 Å². The minimum Gasteiger partial charge on any atom is -0.480 e. The molecule has 0 saturated heterocycles. The summed E-state index contributed by atoms with van der Waals surface area (Å²) < 4.78 is 5.80. The van der Waals surface area contributed by atoms with Gasteiger partial charge in [-0.15, -0.1) is 10.2 Å². The van der Waals surface area contributed by atoms with Crippen LogP contribution in [0, 0.1) is 0 Å². The van der Waals surface area contributed by atoms with Crippen molar-refractivity contribution in [1.29, 1.82) is 0 Å². The van der Waals surface area contributed by atoms with E-state index in [1.165, 1.54) is 0 Å². The Labute approximate surface area is 144 Å². The molecule has 1 aliphatic heterocycles. The van der Waals surface area contributed by atoms with E-state index >= 15 is 0 Å². The highest BCUT2D eigenvalue weighted by atomic mass is 16.5. The molecule has 7 nitrogen and oxygen atoms in total. The fraction of sp³-hybridized carbons (Fsp3) is 0.222. The van der Waals surface area contributed by atoms with E-state index in [0.29, 0.717) is 12.4 Å². The van der Waals surface area contributed by atoms with Crippen LogP contribution in [0.25, 0.3) is 11.4 Å². The number of H-pyrrole nitrogens is 1. The molecule has 0 unspecified atom stereocenters. The maximum absolute atomic E-state index is 12.5. The molecular formula is C18H17N5O2. The minimum absolute atomic E-state index is 0.0387. The largest absolute Gasteiger partial charge is 0.480 e. The Bertz CT molecular complexity index is 877. The van der Waals surface area contributed by atoms with Gasteiger partial charge in [0.1, 0.15) is 5.75 Å². The van der Waals surface area contributed by atoms with E-state index in [0.717, 1.165) is 22.4 Å². The lowest BCUT2D eigenvalue weighted by Gasteiger charge is -2.15. The molecule has 0 aliphatic carbocycles. The molecule has 2 N–H and O–H groups in total. The van der Waals surface area contributed by atoms with E-state index in [1.54, 1.807) is 0 Å². The fourth-order valence-electron chi connectivity index (χ4n) is 2.99. The van der Waals surface area contributed by atoms with E-state index in [1.807, 2.05) is 55.5 Å². The SMILES string of the molecule is C[C@@H]1c2ccccc2O[C@H]1C(=O)NCc1ccc(-c2nn[nH]n2)cc1. The first-order valence-corrected chi connectivity index (χ1v) is 8.08. The van der Waals surface area contributed by atoms with Crippen molar-refractivity contribution >= 4 is 5.91 Å². The van der Waals surface area contributed by atoms with Crippen molar-refractivity contribution in [2.24, 2.45) is 0 Å². The summed E-state index contributed by atoms with van der Waals surface area (Å²) in [6, 6.07) is 15.4. The third-order valence-electron chi connectivity index (χ3n) is 4.40. The Morgan fingerprint density at radius 2 is 2.00 bits per heavy atom. The normalized spacial score (nSPS) is 18.4. The standard InChI is InChI=1S/C18H17N5O2/c1-11-14-4-2-3-5-15(14)25-16(11)18(24)19-10-12-6-8-13(9-7-12)17-20-22-23-21-17/h2-9,11,16H,10H2,1H3,(H,19,24)(H,20,21,22,23)/t11-,16-/m1/s1. The first kappa shape index (κ1) is 15.3. The molecule has 0 radical (unpaired) electrons. The maximum atomic E-state index is 12.5. The van der Waals surface area contributed by atoms with Crippen LogP contribution in [0.2, 0.25) is 0 Å². The Kier molecular flexibility index (Phi) is 3.89. The molecule has 2 heterocycles. The number of hydrogen-bond donors (Lipinski definition) is 2. The van der Waals surface area contributed by atoms with Crippen molar-refractivity contribution in [2.75, 3.05) is 0 Å². The molecule has 0 bridgehead atoms. The van der Waals surface area contributed by atoms with Gasteiger partial charge in [-0.1, -0.05) is 49.4 Å². The van der Waals surface area contributed by atoms with Gasteiger partial charge < -0.3 is 10.1 Å². The second kappa shape index (κ2) is 6.35. The van der Waals surface area contributed by atoms with Gasteiger partial charge in [-0.3, -0.25) is 4.79 Å². The van der Waals surface area contributed by atoms with Crippen molar-refractivity contribution in [1.82, 2.24) is 25.9 Å². The monoisotopic (exact) mass is 335 g/mol. The molecule has 2 atom stereocenters. The molecule has 0 saturated carbocycles. The highest BCUT2D eigenvalue weighted by Gasteiger charge is 2.35. The van der Waals surface area contributed by atoms with Gasteiger partial charge in [0.15, 0.2) is 6.10 Å². The van der Waals surface area contributed by atoms with Crippen LogP contribution >= 0.6 is 0 Å². The quantitative estimate of drug-likeness (QED) is 0.761. The molecule has 126 valence electrons. The van der Waals surface area contributed by atoms with Gasteiger partial charge in [-0.05, 0) is 16.8 Å². The number of rotatable bonds is 4. The summed E-state index contributed by atoms with van der Waals surface area (Å²) in [6.07, 6.45) is -0.490. The number of ether oxygens (including phenoxy) is 1. The van der Waals surface area contributed by atoms with E-state index in [2.05, 4.69) is 25.9 Å². The number of aromatic nitrogens is 4. The van der Waals surface area contributed by atoms with Gasteiger partial charge in [0.05, 0.1) is 0 Å². The Hall–Kier alpha value is -3.22. The number of nitrogens with zero attached hydrogens (tertiary/aromatic N) is 3. The summed E-state index contributed by atoms with van der Waals surface area (Å²) >= 11 is 0. The molecule has 1 aromatic heterocycles. The smallest absolute Gasteiger partial charge is 0.261 e. The lowest BCUT2D eigenvalue weighted by Crippen LogP contribution is -2.38. The predicted molar refractivity (Wildman–Crippen MR) is 90.7 cm³/mol. The number of para-hydroxylation sites is 1. The van der Waals surface area contributed by atoms with Gasteiger partial charge in [0.2, 0.25) is 5.82 Å². The second-order valence-electron chi connectivity index (χ2n) is 6.02. The number of nitrogens with one attached hydrogen (secondary N) is 2. The van der Waals surface area contributed by atoms with Crippen LogP contribution in [0.4, 0.5) is 0 Å². The Balaban J connectivity index is 1.38. The predicted octanol–water partition coefficient (Wildman–Crippen LogP) is 2.05. The number of hydrogen-bond acceptors (Lipinski definition) is 5. The average molecular weight is 335 g/mol. The summed E-state index contributed by atoms with van der Waals surface area (Å²) in [5.41, 5.74) is 2.93. The molecule has 1 amide bonds. The lowest BCUT2D eigenvalue weighted by molar-refractivity contribution is -0.128. The third kappa shape index (κ3) is 2.96. The Morgan fingerprint density at radius 3 is 2.72 bits per heavy atom. The molecular weight excluding hydrogens is 318 g/mol. The van der Waals surface area contributed by atoms with Gasteiger partial charge in [-0.25, -0.2) is 0 Å². The summed E-state index contributed by atoms with van der Waals surface area (Å²) in [6.45, 7) is 2.45. The molecule has 0 fully saturated rings. The van der Waals surface area contributed by atoms with Crippen LogP contribution in [0.3, 0.4) is 0 Å². The van der Waals surface area contributed by atoms with E-state index < -0.39 is 6.10 Å². The number of tetrazole rings is 1. The van der Waals surface area contributed by atoms with Gasteiger partial charge in [0, 0.05) is 23.6 Å². The van der Waals surface area contributed by atoms with Gasteiger partial charge in [-0.2, -0.15) is 5.21 Å². The van der Waals surface area contributed by atoms with E-state index in [4.69, 9.17) is 4.74 Å². The van der Waals surface area contributed by atoms with Crippen LogP contribution in [0.1, 0.15) is 24.0 Å². The fourth-order valence-corrected chi connectivity index (χ4v) is 2.99. The van der Waals surface area contributed by atoms with Gasteiger partial charge >= 0.3 is 0 Å². The minimum atomic E-state index is -0.490. The van der Waals surface area contributed by atoms with Gasteiger partial charge in [0.25, 0.3) is 5.91 Å². The average Bonchev–Trinajstić information content (AvgIpc) is 3.29. The van der Waals surface area contributed by atoms with Crippen LogP contribution in [-0.4, -0.2) is 32.6 Å². The zero-order chi connectivity index (χ0) is 17.2. The number of fused-ring (bicyclic) bond motifs is 1. The molecule has 3 aromatic rings. The number of carbonyl (C=O) groups excluding carboxylic acids is 1. The first-order chi connectivity index (χ1) is 12.2. The van der Waals surface area contributed by atoms with Crippen molar-refractivity contribution in [3.63, 3.8) is 0 Å². The highest BCUT2D eigenvalue weighted by molar-refractivity contribution is 5.83. The zero-order valence-electron chi connectivity index (χ0n) is 13.6. The number of benzene rings is 2. The summed E-state index contributed by atoms with van der Waals surface area (Å²) in [4.78, 5) is 12.5. The molecule has 7 heteroatoms. The third-order valence-corrected chi connectivity index (χ3v) is 4.40. The van der Waals surface area contributed by atoms with Crippen molar-refractivity contribution in [2.45, 2.75) is 25.5 Å². The zero-order valence-corrected chi connectivity index (χ0v) is 13.6. The lowest BCUT2D eigenvalue weighted by atomic mass is 9.97. The number of amides is 1. The molecule has 1 aliphatic rings. The number of aromatic amines is 1. The summed E-state index contributed by atoms with van der Waals surface area (Å²) in [7, 11) is 0. The molecule has 4 rings (SSSR count). The summed E-state index contributed by atoms with van der Waals surface area (Å²) in [5, 5.41) is 16.8. The van der Waals surface area contributed by atoms with Crippen LogP contribution in [0.15, 0.2) is 48.5 Å². The molecule has 2 aromatic carbocycles. The summed E-state index contributed by atoms with van der Waals surface area (Å²) in [5.74, 6) is 1.27. The van der Waals surface area contributed by atoms with Crippen molar-refractivity contribution in [3.05, 3.63) is 59.7 Å². The molecule has 0 spiro atoms. The van der Waals surface area contributed by atoms with E-state index in [-0.39, 0.29) is 11.8 Å².